The van der Waals surface area contributed by atoms with Gasteiger partial charge < -0.3 is 15.2 Å². The Hall–Kier alpha value is -1.52. The number of nitrogens with two attached hydrogens (primary N) is 1. The Balaban J connectivity index is 1.89. The number of para-hydroxylation sites is 1. The molecular formula is C16H18BrNO2. The second kappa shape index (κ2) is 7.31. The van der Waals surface area contributed by atoms with Gasteiger partial charge in [0.25, 0.3) is 0 Å². The van der Waals surface area contributed by atoms with Crippen LogP contribution in [0.4, 0.5) is 0 Å². The molecule has 2 rings (SSSR count). The van der Waals surface area contributed by atoms with Crippen molar-refractivity contribution >= 4 is 15.9 Å². The van der Waals surface area contributed by atoms with Crippen molar-refractivity contribution in [3.8, 4) is 11.5 Å². The molecule has 0 bridgehead atoms. The molecule has 0 aliphatic carbocycles. The molecule has 0 amide bonds. The van der Waals surface area contributed by atoms with Crippen LogP contribution in [0, 0.1) is 0 Å². The minimum absolute atomic E-state index is 0.0619. The lowest BCUT2D eigenvalue weighted by atomic mass is 10.1. The average molecular weight is 336 g/mol. The highest BCUT2D eigenvalue weighted by Crippen LogP contribution is 2.27. The van der Waals surface area contributed by atoms with E-state index < -0.39 is 0 Å². The van der Waals surface area contributed by atoms with Gasteiger partial charge in [-0.3, -0.25) is 0 Å². The first-order chi connectivity index (χ1) is 9.66. The maximum Gasteiger partial charge on any atom is 0.125 e. The van der Waals surface area contributed by atoms with Crippen molar-refractivity contribution in [1.29, 1.82) is 0 Å². The van der Waals surface area contributed by atoms with Gasteiger partial charge in [-0.1, -0.05) is 40.2 Å². The minimum Gasteiger partial charge on any atom is -0.490 e. The maximum absolute atomic E-state index is 5.93. The zero-order chi connectivity index (χ0) is 14.4. The predicted octanol–water partition coefficient (Wildman–Crippen LogP) is 3.93. The van der Waals surface area contributed by atoms with Gasteiger partial charge in [-0.2, -0.15) is 0 Å². The number of hydrogen-bond donors (Lipinski definition) is 1. The number of halogens is 1. The summed E-state index contributed by atoms with van der Waals surface area (Å²) in [6.07, 6.45) is 0. The fourth-order valence-corrected chi connectivity index (χ4v) is 2.18. The number of hydrogen-bond acceptors (Lipinski definition) is 3. The lowest BCUT2D eigenvalue weighted by Gasteiger charge is -2.14. The van der Waals surface area contributed by atoms with Crippen molar-refractivity contribution in [3.05, 3.63) is 58.6 Å². The zero-order valence-corrected chi connectivity index (χ0v) is 13.0. The Morgan fingerprint density at radius 1 is 1.05 bits per heavy atom. The molecule has 0 heterocycles. The van der Waals surface area contributed by atoms with Gasteiger partial charge in [-0.15, -0.1) is 0 Å². The van der Waals surface area contributed by atoms with E-state index in [0.717, 1.165) is 21.5 Å². The summed E-state index contributed by atoms with van der Waals surface area (Å²) in [7, 11) is 0. The molecule has 1 atom stereocenters. The van der Waals surface area contributed by atoms with Crippen molar-refractivity contribution in [2.24, 2.45) is 5.73 Å². The van der Waals surface area contributed by atoms with Crippen LogP contribution in [-0.4, -0.2) is 13.2 Å². The van der Waals surface area contributed by atoms with Crippen molar-refractivity contribution in [2.75, 3.05) is 13.2 Å². The third-order valence-corrected chi connectivity index (χ3v) is 3.31. The normalized spacial score (nSPS) is 11.9. The van der Waals surface area contributed by atoms with Gasteiger partial charge in [0.1, 0.15) is 24.7 Å². The molecule has 0 radical (unpaired) electrons. The first kappa shape index (κ1) is 14.9. The summed E-state index contributed by atoms with van der Waals surface area (Å²) in [6, 6.07) is 15.5. The van der Waals surface area contributed by atoms with Gasteiger partial charge >= 0.3 is 0 Å². The molecule has 0 spiro atoms. The summed E-state index contributed by atoms with van der Waals surface area (Å²) in [6.45, 7) is 2.91. The summed E-state index contributed by atoms with van der Waals surface area (Å²) in [5.41, 5.74) is 6.93. The van der Waals surface area contributed by atoms with E-state index in [1.165, 1.54) is 0 Å². The first-order valence-electron chi connectivity index (χ1n) is 6.52. The van der Waals surface area contributed by atoms with Crippen LogP contribution in [-0.2, 0) is 0 Å². The summed E-state index contributed by atoms with van der Waals surface area (Å²) in [5.74, 6) is 1.64. The highest BCUT2D eigenvalue weighted by Gasteiger charge is 2.08. The van der Waals surface area contributed by atoms with Crippen molar-refractivity contribution in [1.82, 2.24) is 0 Å². The van der Waals surface area contributed by atoms with Gasteiger partial charge in [-0.25, -0.2) is 0 Å². The number of benzene rings is 2. The summed E-state index contributed by atoms with van der Waals surface area (Å²) in [5, 5.41) is 0. The molecule has 20 heavy (non-hydrogen) atoms. The molecule has 2 N–H and O–H groups in total. The second-order valence-corrected chi connectivity index (χ2v) is 5.40. The molecule has 2 aromatic rings. The average Bonchev–Trinajstić information content (AvgIpc) is 2.44. The van der Waals surface area contributed by atoms with Crippen molar-refractivity contribution in [3.63, 3.8) is 0 Å². The van der Waals surface area contributed by atoms with Crippen LogP contribution in [0.1, 0.15) is 18.5 Å². The molecule has 106 valence electrons. The van der Waals surface area contributed by atoms with Crippen molar-refractivity contribution in [2.45, 2.75) is 13.0 Å². The molecule has 0 aliphatic heterocycles. The Labute approximate surface area is 127 Å². The zero-order valence-electron chi connectivity index (χ0n) is 11.4. The van der Waals surface area contributed by atoms with E-state index in [1.807, 2.05) is 55.5 Å². The largest absolute Gasteiger partial charge is 0.490 e. The lowest BCUT2D eigenvalue weighted by Crippen LogP contribution is -2.12. The van der Waals surface area contributed by atoms with Gasteiger partial charge in [0.15, 0.2) is 0 Å². The molecule has 0 saturated carbocycles. The Kier molecular flexibility index (Phi) is 5.44. The number of rotatable bonds is 6. The smallest absolute Gasteiger partial charge is 0.125 e. The van der Waals surface area contributed by atoms with Crippen molar-refractivity contribution < 1.29 is 9.47 Å². The summed E-state index contributed by atoms with van der Waals surface area (Å²) < 4.78 is 12.3. The van der Waals surface area contributed by atoms with E-state index in [0.29, 0.717) is 13.2 Å². The van der Waals surface area contributed by atoms with Crippen LogP contribution >= 0.6 is 15.9 Å². The van der Waals surface area contributed by atoms with E-state index in [2.05, 4.69) is 15.9 Å². The van der Waals surface area contributed by atoms with Crippen LogP contribution in [0.5, 0.6) is 11.5 Å². The Morgan fingerprint density at radius 2 is 1.75 bits per heavy atom. The molecule has 4 heteroatoms. The minimum atomic E-state index is -0.0619. The molecule has 0 aliphatic rings. The van der Waals surface area contributed by atoms with Crippen LogP contribution < -0.4 is 15.2 Å². The third kappa shape index (κ3) is 4.25. The standard InChI is InChI=1S/C16H18BrNO2/c1-12(18)15-8-7-13(17)11-16(15)20-10-9-19-14-5-3-2-4-6-14/h2-8,11-12H,9-10,18H2,1H3. The highest BCUT2D eigenvalue weighted by atomic mass is 79.9. The SMILES string of the molecule is CC(N)c1ccc(Br)cc1OCCOc1ccccc1. The van der Waals surface area contributed by atoms with E-state index in [9.17, 15) is 0 Å². The quantitative estimate of drug-likeness (QED) is 0.813. The van der Waals surface area contributed by atoms with Crippen LogP contribution in [0.25, 0.3) is 0 Å². The second-order valence-electron chi connectivity index (χ2n) is 4.48. The molecular weight excluding hydrogens is 318 g/mol. The fraction of sp³-hybridized carbons (Fsp3) is 0.250. The van der Waals surface area contributed by atoms with Gasteiger partial charge in [0.05, 0.1) is 0 Å². The highest BCUT2D eigenvalue weighted by molar-refractivity contribution is 9.10. The molecule has 3 nitrogen and oxygen atoms in total. The topological polar surface area (TPSA) is 44.5 Å². The van der Waals surface area contributed by atoms with E-state index in [4.69, 9.17) is 15.2 Å². The van der Waals surface area contributed by atoms with Gasteiger partial charge in [0.2, 0.25) is 0 Å². The summed E-state index contributed by atoms with van der Waals surface area (Å²) >= 11 is 3.44. The van der Waals surface area contributed by atoms with Gasteiger partial charge in [0, 0.05) is 16.1 Å². The predicted molar refractivity (Wildman–Crippen MR) is 84.2 cm³/mol. The molecule has 2 aromatic carbocycles. The molecule has 1 unspecified atom stereocenters. The monoisotopic (exact) mass is 335 g/mol. The maximum atomic E-state index is 5.93. The Morgan fingerprint density at radius 3 is 2.45 bits per heavy atom. The summed E-state index contributed by atoms with van der Waals surface area (Å²) in [4.78, 5) is 0. The third-order valence-electron chi connectivity index (χ3n) is 2.82. The van der Waals surface area contributed by atoms with E-state index in [1.54, 1.807) is 0 Å². The molecule has 0 fully saturated rings. The number of ether oxygens (including phenoxy) is 2. The van der Waals surface area contributed by atoms with Crippen LogP contribution in [0.3, 0.4) is 0 Å². The van der Waals surface area contributed by atoms with Crippen LogP contribution in [0.2, 0.25) is 0 Å². The fourth-order valence-electron chi connectivity index (χ4n) is 1.84. The Bertz CT molecular complexity index is 543. The van der Waals surface area contributed by atoms with E-state index >= 15 is 0 Å². The first-order valence-corrected chi connectivity index (χ1v) is 7.32. The van der Waals surface area contributed by atoms with Gasteiger partial charge in [-0.05, 0) is 31.2 Å². The van der Waals surface area contributed by atoms with Crippen LogP contribution in [0.15, 0.2) is 53.0 Å². The molecule has 0 aromatic heterocycles. The van der Waals surface area contributed by atoms with E-state index in [-0.39, 0.29) is 6.04 Å². The lowest BCUT2D eigenvalue weighted by molar-refractivity contribution is 0.215. The molecule has 0 saturated heterocycles.